The second kappa shape index (κ2) is 5.17. The third-order valence-electron chi connectivity index (χ3n) is 4.44. The monoisotopic (exact) mass is 337 g/mol. The molecule has 0 amide bonds. The lowest BCUT2D eigenvalue weighted by molar-refractivity contribution is 0.0602. The summed E-state index contributed by atoms with van der Waals surface area (Å²) in [7, 11) is 0. The number of Topliss-reactive ketones (excluding diaryl/α,β-unsaturated/α-hetero) is 1. The molecule has 6 heteroatoms. The van der Waals surface area contributed by atoms with Crippen molar-refractivity contribution in [3.8, 4) is 6.07 Å². The van der Waals surface area contributed by atoms with Crippen LogP contribution in [-0.2, 0) is 0 Å². The average Bonchev–Trinajstić information content (AvgIpc) is 2.94. The lowest BCUT2D eigenvalue weighted by Crippen LogP contribution is -2.48. The van der Waals surface area contributed by atoms with E-state index in [2.05, 4.69) is 4.99 Å². The largest absolute Gasteiger partial charge is 0.374 e. The number of hydrogen-bond donors (Lipinski definition) is 1. The van der Waals surface area contributed by atoms with Crippen molar-refractivity contribution in [1.29, 1.82) is 5.26 Å². The van der Waals surface area contributed by atoms with Crippen molar-refractivity contribution in [3.63, 3.8) is 0 Å². The maximum absolute atomic E-state index is 12.9. The number of aliphatic hydroxyl groups is 1. The minimum atomic E-state index is -1.66. The Morgan fingerprint density at radius 1 is 1.29 bits per heavy atom. The van der Waals surface area contributed by atoms with Crippen molar-refractivity contribution in [2.75, 3.05) is 11.4 Å². The van der Waals surface area contributed by atoms with Crippen LogP contribution in [0.4, 0.5) is 11.4 Å². The Morgan fingerprint density at radius 3 is 2.75 bits per heavy atom. The fourth-order valence-electron chi connectivity index (χ4n) is 3.20. The lowest BCUT2D eigenvalue weighted by atomic mass is 9.87. The smallest absolute Gasteiger partial charge is 0.204 e. The SMILES string of the molecule is N#Cc1cc2c(cc1Cl)N=C1N(c3ccccc3)CC[C@@]1(O)C2=O. The first-order chi connectivity index (χ1) is 11.5. The lowest BCUT2D eigenvalue weighted by Gasteiger charge is -2.29. The molecule has 0 radical (unpaired) electrons. The van der Waals surface area contributed by atoms with Crippen LogP contribution in [0.15, 0.2) is 47.5 Å². The first kappa shape index (κ1) is 14.9. The minimum Gasteiger partial charge on any atom is -0.374 e. The molecule has 0 spiro atoms. The van der Waals surface area contributed by atoms with Gasteiger partial charge in [-0.1, -0.05) is 29.8 Å². The molecule has 0 saturated carbocycles. The minimum absolute atomic E-state index is 0.198. The molecule has 2 aromatic rings. The highest BCUT2D eigenvalue weighted by Gasteiger charge is 2.52. The summed E-state index contributed by atoms with van der Waals surface area (Å²) in [5.41, 5.74) is 0.0133. The maximum atomic E-state index is 12.9. The second-order valence-corrected chi connectivity index (χ2v) is 6.23. The number of hydrogen-bond acceptors (Lipinski definition) is 5. The number of rotatable bonds is 1. The number of para-hydroxylation sites is 1. The van der Waals surface area contributed by atoms with E-state index in [1.807, 2.05) is 41.3 Å². The van der Waals surface area contributed by atoms with Gasteiger partial charge in [0, 0.05) is 24.2 Å². The summed E-state index contributed by atoms with van der Waals surface area (Å²) >= 11 is 6.06. The third kappa shape index (κ3) is 1.97. The number of nitrogens with zero attached hydrogens (tertiary/aromatic N) is 3. The predicted octanol–water partition coefficient (Wildman–Crippen LogP) is 3.08. The standard InChI is InChI=1S/C18H12ClN3O2/c19-14-9-15-13(8-11(14)10-20)16(23)18(24)6-7-22(17(18)21-15)12-4-2-1-3-5-12/h1-5,8-9,24H,6-7H2/t18-/m1/s1. The van der Waals surface area contributed by atoms with E-state index in [1.165, 1.54) is 12.1 Å². The summed E-state index contributed by atoms with van der Waals surface area (Å²) in [5.74, 6) is -0.124. The Balaban J connectivity index is 1.90. The van der Waals surface area contributed by atoms with E-state index in [-0.39, 0.29) is 22.6 Å². The zero-order valence-corrected chi connectivity index (χ0v) is 13.3. The maximum Gasteiger partial charge on any atom is 0.204 e. The number of carbonyl (C=O) groups excluding carboxylic acids is 1. The Bertz CT molecular complexity index is 933. The van der Waals surface area contributed by atoms with Crippen LogP contribution >= 0.6 is 11.6 Å². The number of amidine groups is 1. The molecule has 1 fully saturated rings. The van der Waals surface area contributed by atoms with Crippen LogP contribution in [0, 0.1) is 11.3 Å². The van der Waals surface area contributed by atoms with Crippen molar-refractivity contribution < 1.29 is 9.90 Å². The van der Waals surface area contributed by atoms with Gasteiger partial charge in [0.15, 0.2) is 5.60 Å². The fourth-order valence-corrected chi connectivity index (χ4v) is 3.40. The molecule has 2 aromatic carbocycles. The van der Waals surface area contributed by atoms with Crippen LogP contribution in [-0.4, -0.2) is 28.9 Å². The topological polar surface area (TPSA) is 76.7 Å². The van der Waals surface area contributed by atoms with E-state index in [0.29, 0.717) is 18.1 Å². The van der Waals surface area contributed by atoms with Gasteiger partial charge in [0.05, 0.1) is 16.3 Å². The molecule has 118 valence electrons. The van der Waals surface area contributed by atoms with Gasteiger partial charge in [0.2, 0.25) is 5.78 Å². The highest BCUT2D eigenvalue weighted by atomic mass is 35.5. The van der Waals surface area contributed by atoms with E-state index < -0.39 is 11.4 Å². The molecule has 4 rings (SSSR count). The Labute approximate surface area is 143 Å². The number of ketones is 1. The van der Waals surface area contributed by atoms with Gasteiger partial charge in [-0.3, -0.25) is 4.79 Å². The number of nitriles is 1. The molecule has 0 aliphatic carbocycles. The number of fused-ring (bicyclic) bond motifs is 2. The van der Waals surface area contributed by atoms with Gasteiger partial charge >= 0.3 is 0 Å². The van der Waals surface area contributed by atoms with Gasteiger partial charge in [0.25, 0.3) is 0 Å². The van der Waals surface area contributed by atoms with Crippen molar-refractivity contribution in [2.24, 2.45) is 4.99 Å². The quantitative estimate of drug-likeness (QED) is 0.867. The van der Waals surface area contributed by atoms with Crippen molar-refractivity contribution in [1.82, 2.24) is 0 Å². The van der Waals surface area contributed by atoms with Crippen LogP contribution in [0.5, 0.6) is 0 Å². The molecular weight excluding hydrogens is 326 g/mol. The molecule has 5 nitrogen and oxygen atoms in total. The summed E-state index contributed by atoms with van der Waals surface area (Å²) in [6.45, 7) is 0.484. The molecule has 2 heterocycles. The molecule has 0 aromatic heterocycles. The molecule has 1 N–H and O–H groups in total. The Morgan fingerprint density at radius 2 is 2.04 bits per heavy atom. The molecule has 1 saturated heterocycles. The normalized spacial score (nSPS) is 21.8. The Hall–Kier alpha value is -2.68. The molecule has 0 unspecified atom stereocenters. The van der Waals surface area contributed by atoms with E-state index in [4.69, 9.17) is 16.9 Å². The van der Waals surface area contributed by atoms with Gasteiger partial charge in [-0.25, -0.2) is 4.99 Å². The first-order valence-electron chi connectivity index (χ1n) is 7.47. The molecule has 2 aliphatic heterocycles. The second-order valence-electron chi connectivity index (χ2n) is 5.82. The van der Waals surface area contributed by atoms with Crippen LogP contribution in [0.1, 0.15) is 22.3 Å². The molecule has 0 bridgehead atoms. The summed E-state index contributed by atoms with van der Waals surface area (Å²) < 4.78 is 0. The molecular formula is C18H12ClN3O2. The van der Waals surface area contributed by atoms with Crippen LogP contribution in [0.25, 0.3) is 0 Å². The summed E-state index contributed by atoms with van der Waals surface area (Å²) in [4.78, 5) is 19.2. The zero-order valence-electron chi connectivity index (χ0n) is 12.5. The predicted molar refractivity (Wildman–Crippen MR) is 90.9 cm³/mol. The molecule has 2 aliphatic rings. The van der Waals surface area contributed by atoms with Gasteiger partial charge in [0.1, 0.15) is 11.9 Å². The summed E-state index contributed by atoms with van der Waals surface area (Å²) in [5, 5.41) is 20.3. The summed E-state index contributed by atoms with van der Waals surface area (Å²) in [6.07, 6.45) is 0.253. The van der Waals surface area contributed by atoms with Gasteiger partial charge < -0.3 is 10.0 Å². The van der Waals surface area contributed by atoms with Crippen LogP contribution in [0.3, 0.4) is 0 Å². The number of aliphatic imine (C=N–C) groups is 1. The van der Waals surface area contributed by atoms with E-state index in [0.717, 1.165) is 5.69 Å². The Kier molecular flexibility index (Phi) is 3.20. The van der Waals surface area contributed by atoms with Gasteiger partial charge in [-0.15, -0.1) is 0 Å². The third-order valence-corrected chi connectivity index (χ3v) is 4.76. The number of benzene rings is 2. The van der Waals surface area contributed by atoms with Crippen LogP contribution in [0.2, 0.25) is 5.02 Å². The van der Waals surface area contributed by atoms with E-state index in [9.17, 15) is 9.90 Å². The zero-order chi connectivity index (χ0) is 16.9. The highest BCUT2D eigenvalue weighted by molar-refractivity contribution is 6.33. The van der Waals surface area contributed by atoms with Crippen molar-refractivity contribution in [2.45, 2.75) is 12.0 Å². The van der Waals surface area contributed by atoms with Gasteiger partial charge in [-0.2, -0.15) is 5.26 Å². The average molecular weight is 338 g/mol. The summed E-state index contributed by atoms with van der Waals surface area (Å²) in [6, 6.07) is 14.3. The van der Waals surface area contributed by atoms with Gasteiger partial charge in [-0.05, 0) is 24.3 Å². The molecule has 1 atom stereocenters. The number of carbonyl (C=O) groups is 1. The van der Waals surface area contributed by atoms with E-state index >= 15 is 0 Å². The fraction of sp³-hybridized carbons (Fsp3) is 0.167. The van der Waals surface area contributed by atoms with Crippen molar-refractivity contribution in [3.05, 3.63) is 58.6 Å². The number of anilines is 1. The molecule has 24 heavy (non-hydrogen) atoms. The number of halogens is 1. The van der Waals surface area contributed by atoms with Crippen LogP contribution < -0.4 is 4.90 Å². The van der Waals surface area contributed by atoms with Crippen molar-refractivity contribution >= 4 is 34.6 Å². The van der Waals surface area contributed by atoms with E-state index in [1.54, 1.807) is 0 Å². The first-order valence-corrected chi connectivity index (χ1v) is 7.85. The highest BCUT2D eigenvalue weighted by Crippen LogP contribution is 2.40.